The maximum atomic E-state index is 12.3. The second-order valence-corrected chi connectivity index (χ2v) is 15.7. The third kappa shape index (κ3) is 13.1. The maximum absolute atomic E-state index is 12.3. The maximum Gasteiger partial charge on any atom is 1.00 e. The van der Waals surface area contributed by atoms with Gasteiger partial charge in [-0.2, -0.15) is 10.5 Å². The second-order valence-electron chi connectivity index (χ2n) is 13.4. The summed E-state index contributed by atoms with van der Waals surface area (Å²) in [5, 5.41) is 18.3. The van der Waals surface area contributed by atoms with Crippen molar-refractivity contribution < 1.29 is 175 Å². The summed E-state index contributed by atoms with van der Waals surface area (Å²) in [5.41, 5.74) is -0.563. The van der Waals surface area contributed by atoms with Crippen molar-refractivity contribution >= 4 is 27.5 Å². The molecular weight excluding hydrogens is 798 g/mol. The Bertz CT molecular complexity index is 1750. The van der Waals surface area contributed by atoms with Gasteiger partial charge in [-0.3, -0.25) is 18.7 Å². The summed E-state index contributed by atoms with van der Waals surface area (Å²) in [6.45, 7) is 7.38. The molecule has 2 aromatic carbocycles. The molecule has 4 heterocycles. The molecule has 276 valence electrons. The predicted octanol–water partition coefficient (Wildman–Crippen LogP) is -8.87. The zero-order chi connectivity index (χ0) is 36.8. The monoisotopic (exact) mass is 838 g/mol. The van der Waals surface area contributed by atoms with Gasteiger partial charge >= 0.3 is 118 Å². The molecule has 2 aromatic rings. The normalized spacial score (nSPS) is 24.7. The van der Waals surface area contributed by atoms with Gasteiger partial charge < -0.3 is 47.9 Å². The molecule has 6 rings (SSSR count). The number of phosphoric ester groups is 2. The first-order chi connectivity index (χ1) is 23.2. The molecule has 4 aliphatic heterocycles. The molecule has 2 amide bonds. The van der Waals surface area contributed by atoms with E-state index in [0.29, 0.717) is 72.5 Å². The van der Waals surface area contributed by atoms with E-state index in [-0.39, 0.29) is 137 Å². The fourth-order valence-electron chi connectivity index (χ4n) is 6.90. The molecule has 16 nitrogen and oxygen atoms in total. The number of ether oxygens (including phenoxy) is 2. The van der Waals surface area contributed by atoms with Crippen molar-refractivity contribution in [2.75, 3.05) is 13.1 Å². The van der Waals surface area contributed by atoms with E-state index in [2.05, 4.69) is 0 Å². The van der Waals surface area contributed by atoms with E-state index in [1.54, 1.807) is 64.1 Å². The molecule has 55 heavy (non-hydrogen) atoms. The van der Waals surface area contributed by atoms with Crippen LogP contribution in [-0.2, 0) is 27.8 Å². The van der Waals surface area contributed by atoms with Crippen LogP contribution in [0.5, 0.6) is 11.5 Å². The minimum atomic E-state index is -5.08. The van der Waals surface area contributed by atoms with Crippen LogP contribution < -0.4 is 137 Å². The number of hydrogen-bond acceptors (Lipinski definition) is 12. The van der Waals surface area contributed by atoms with Crippen LogP contribution in [0.4, 0.5) is 0 Å². The van der Waals surface area contributed by atoms with Gasteiger partial charge in [0.2, 0.25) is 11.8 Å². The van der Waals surface area contributed by atoms with Gasteiger partial charge in [-0.05, 0) is 76.9 Å². The number of nitrogens with zero attached hydrogens (tertiary/aromatic N) is 4. The summed E-state index contributed by atoms with van der Waals surface area (Å²) in [6.07, 6.45) is -0.304. The van der Waals surface area contributed by atoms with Crippen molar-refractivity contribution in [3.8, 4) is 23.6 Å². The van der Waals surface area contributed by atoms with Gasteiger partial charge in [0.1, 0.15) is 34.9 Å². The van der Waals surface area contributed by atoms with E-state index < -0.39 is 51.1 Å². The SMILES string of the molecule is C.CC1(C)Oc2ccc(C#N)cc2[C@@H](N2CCCC2=O)[C@@H]1OP(=O)([O-])O.CC1(C)Oc2ccc(C#N)cc2[C@H](N2CCCC2=O)[C@H]1OP(=O)([O-])O.[Na+].[Na+].[Na+].[Na+]. The number of fused-ring (bicyclic) bond motifs is 2. The second kappa shape index (κ2) is 21.6. The molecular formula is C33H40N4Na4O12P2+2. The Hall–Kier alpha value is 0.180. The standard InChI is InChI=1S/2C16H19N2O6P.CH4.4Na/c2*1-16(2)15(24-25(20,21)22)14(18-7-3-4-13(18)19)11-8-10(9-17)5-6-12(11)23-16;;;;;/h2*5-6,8,14-15H,3-4,7H2,1-2H3,(H2,20,21,22);1H4;;;;/q;;;4*+1/p-2/t2*14-,15+;;;;;/m10...../s1. The van der Waals surface area contributed by atoms with Crippen LogP contribution in [0.3, 0.4) is 0 Å². The molecule has 0 saturated carbocycles. The Morgan fingerprint density at radius 2 is 1.05 bits per heavy atom. The van der Waals surface area contributed by atoms with E-state index in [0.717, 1.165) is 0 Å². The molecule has 4 aliphatic rings. The Labute approximate surface area is 409 Å². The number of rotatable bonds is 6. The number of nitriles is 2. The number of hydrogen-bond donors (Lipinski definition) is 2. The van der Waals surface area contributed by atoms with Gasteiger partial charge in [-0.25, -0.2) is 0 Å². The van der Waals surface area contributed by atoms with Crippen molar-refractivity contribution in [3.05, 3.63) is 58.7 Å². The molecule has 0 spiro atoms. The fourth-order valence-corrected chi connectivity index (χ4v) is 8.21. The summed E-state index contributed by atoms with van der Waals surface area (Å²) < 4.78 is 44.4. The number of phosphoric acid groups is 2. The summed E-state index contributed by atoms with van der Waals surface area (Å²) >= 11 is 0. The van der Waals surface area contributed by atoms with E-state index in [1.807, 2.05) is 12.1 Å². The van der Waals surface area contributed by atoms with Gasteiger partial charge in [-0.1, -0.05) is 7.43 Å². The summed E-state index contributed by atoms with van der Waals surface area (Å²) in [4.78, 5) is 69.0. The topological polar surface area (TPSA) is 246 Å². The minimum absolute atomic E-state index is 0. The van der Waals surface area contributed by atoms with E-state index in [9.17, 15) is 38.3 Å². The van der Waals surface area contributed by atoms with E-state index in [4.69, 9.17) is 29.0 Å². The molecule has 2 N–H and O–H groups in total. The predicted molar refractivity (Wildman–Crippen MR) is 175 cm³/mol. The Morgan fingerprint density at radius 1 is 0.727 bits per heavy atom. The van der Waals surface area contributed by atoms with Crippen molar-refractivity contribution in [2.45, 2.75) is 96.3 Å². The molecule has 0 aliphatic carbocycles. The van der Waals surface area contributed by atoms with Crippen LogP contribution in [0.25, 0.3) is 0 Å². The molecule has 2 fully saturated rings. The average Bonchev–Trinajstić information content (AvgIpc) is 3.63. The number of carbonyl (C=O) groups is 2. The Morgan fingerprint density at radius 3 is 1.31 bits per heavy atom. The van der Waals surface area contributed by atoms with Gasteiger partial charge in [0.05, 0.1) is 35.3 Å². The number of carbonyl (C=O) groups excluding carboxylic acids is 2. The van der Waals surface area contributed by atoms with Crippen molar-refractivity contribution in [2.24, 2.45) is 0 Å². The molecule has 2 saturated heterocycles. The molecule has 2 unspecified atom stereocenters. The van der Waals surface area contributed by atoms with Gasteiger partial charge in [-0.15, -0.1) is 0 Å². The molecule has 22 heteroatoms. The van der Waals surface area contributed by atoms with Crippen molar-refractivity contribution in [3.63, 3.8) is 0 Å². The third-order valence-electron chi connectivity index (χ3n) is 8.99. The molecule has 0 bridgehead atoms. The summed E-state index contributed by atoms with van der Waals surface area (Å²) in [6, 6.07) is 12.0. The van der Waals surface area contributed by atoms with Crippen LogP contribution in [0.2, 0.25) is 0 Å². The largest absolute Gasteiger partial charge is 1.00 e. The zero-order valence-corrected chi connectivity index (χ0v) is 41.5. The fraction of sp³-hybridized carbons (Fsp3) is 0.515. The average molecular weight is 839 g/mol. The minimum Gasteiger partial charge on any atom is -0.756 e. The van der Waals surface area contributed by atoms with E-state index in [1.165, 1.54) is 9.80 Å². The van der Waals surface area contributed by atoms with Crippen LogP contribution in [0, 0.1) is 22.7 Å². The summed E-state index contributed by atoms with van der Waals surface area (Å²) in [5.74, 6) is 0.631. The van der Waals surface area contributed by atoms with Crippen LogP contribution >= 0.6 is 15.6 Å². The first kappa shape index (κ1) is 55.2. The van der Waals surface area contributed by atoms with E-state index >= 15 is 0 Å². The van der Waals surface area contributed by atoms with Crippen molar-refractivity contribution in [1.82, 2.24) is 9.80 Å². The number of likely N-dealkylation sites (tertiary alicyclic amines) is 2. The van der Waals surface area contributed by atoms with Crippen LogP contribution in [0.15, 0.2) is 36.4 Å². The Balaban J connectivity index is 0.000000972. The summed E-state index contributed by atoms with van der Waals surface area (Å²) in [7, 11) is -10.2. The van der Waals surface area contributed by atoms with Crippen molar-refractivity contribution in [1.29, 1.82) is 10.5 Å². The van der Waals surface area contributed by atoms with Gasteiger partial charge in [0, 0.05) is 37.1 Å². The van der Waals surface area contributed by atoms with Crippen LogP contribution in [-0.4, -0.2) is 67.9 Å². The molecule has 6 atom stereocenters. The number of benzene rings is 2. The molecule has 0 aromatic heterocycles. The van der Waals surface area contributed by atoms with Gasteiger partial charge in [0.25, 0.3) is 15.6 Å². The number of amides is 2. The first-order valence-corrected chi connectivity index (χ1v) is 18.7. The molecule has 0 radical (unpaired) electrons. The zero-order valence-electron chi connectivity index (χ0n) is 31.7. The van der Waals surface area contributed by atoms with Crippen LogP contribution in [0.1, 0.15) is 95.1 Å². The quantitative estimate of drug-likeness (QED) is 0.203. The van der Waals surface area contributed by atoms with Gasteiger partial charge in [0.15, 0.2) is 0 Å². The Kier molecular flexibility index (Phi) is 21.7. The smallest absolute Gasteiger partial charge is 0.756 e. The third-order valence-corrected chi connectivity index (χ3v) is 9.98. The first-order valence-electron chi connectivity index (χ1n) is 15.7.